The number of hydrogen-bond donors (Lipinski definition) is 1. The average Bonchev–Trinajstić information content (AvgIpc) is 1.95. The minimum absolute atomic E-state index is 0.118. The molecule has 0 aromatic carbocycles. The molecule has 0 aromatic heterocycles. The first kappa shape index (κ1) is 11.0. The Bertz CT molecular complexity index is 192. The molecule has 0 atom stereocenters. The van der Waals surface area contributed by atoms with E-state index < -0.39 is 0 Å². The lowest BCUT2D eigenvalue weighted by atomic mass is 10.1. The lowest BCUT2D eigenvalue weighted by molar-refractivity contribution is 0.479. The summed E-state index contributed by atoms with van der Waals surface area (Å²) in [7, 11) is 0. The van der Waals surface area contributed by atoms with Gasteiger partial charge < -0.3 is 5.32 Å². The van der Waals surface area contributed by atoms with E-state index in [2.05, 4.69) is 32.7 Å². The molecule has 0 radical (unpaired) electrons. The van der Waals surface area contributed by atoms with Gasteiger partial charge in [0.1, 0.15) is 0 Å². The quantitative estimate of drug-likeness (QED) is 0.634. The summed E-state index contributed by atoms with van der Waals surface area (Å²) in [6.07, 6.45) is 7.76. The molecule has 0 saturated carbocycles. The zero-order valence-corrected chi connectivity index (χ0v) is 8.52. The number of nitrogens with one attached hydrogen (secondary N) is 1. The van der Waals surface area contributed by atoms with Gasteiger partial charge in [-0.1, -0.05) is 24.8 Å². The molecule has 1 nitrogen and oxygen atoms in total. The Morgan fingerprint density at radius 1 is 1.33 bits per heavy atom. The van der Waals surface area contributed by atoms with E-state index in [-0.39, 0.29) is 5.54 Å². The third kappa shape index (κ3) is 5.78. The van der Waals surface area contributed by atoms with Crippen molar-refractivity contribution in [1.82, 2.24) is 5.32 Å². The van der Waals surface area contributed by atoms with Gasteiger partial charge in [0.15, 0.2) is 0 Å². The predicted octanol–water partition coefficient (Wildman–Crippen LogP) is 3.02. The van der Waals surface area contributed by atoms with Crippen LogP contribution in [0.2, 0.25) is 0 Å². The monoisotopic (exact) mass is 165 g/mol. The van der Waals surface area contributed by atoms with Gasteiger partial charge in [0, 0.05) is 11.2 Å². The van der Waals surface area contributed by atoms with Crippen LogP contribution < -0.4 is 5.32 Å². The van der Waals surface area contributed by atoms with Crippen molar-refractivity contribution in [2.24, 2.45) is 0 Å². The molecule has 0 fully saturated rings. The Kier molecular flexibility index (Phi) is 4.42. The van der Waals surface area contributed by atoms with Crippen molar-refractivity contribution >= 4 is 0 Å². The van der Waals surface area contributed by atoms with Crippen LogP contribution in [0, 0.1) is 0 Å². The van der Waals surface area contributed by atoms with Gasteiger partial charge in [0.2, 0.25) is 0 Å². The van der Waals surface area contributed by atoms with Crippen LogP contribution in [0.1, 0.15) is 27.7 Å². The minimum atomic E-state index is 0.118. The van der Waals surface area contributed by atoms with Gasteiger partial charge in [-0.3, -0.25) is 0 Å². The third-order valence-corrected chi connectivity index (χ3v) is 1.24. The SMILES string of the molecule is C=C/C=C\C(=C/C)NC(C)(C)C. The van der Waals surface area contributed by atoms with Crippen LogP contribution in [0.3, 0.4) is 0 Å². The van der Waals surface area contributed by atoms with Gasteiger partial charge >= 0.3 is 0 Å². The fourth-order valence-corrected chi connectivity index (χ4v) is 0.815. The highest BCUT2D eigenvalue weighted by Crippen LogP contribution is 2.04. The fourth-order valence-electron chi connectivity index (χ4n) is 0.815. The zero-order chi connectivity index (χ0) is 9.61. The topological polar surface area (TPSA) is 12.0 Å². The number of hydrogen-bond acceptors (Lipinski definition) is 1. The maximum absolute atomic E-state index is 3.62. The highest BCUT2D eigenvalue weighted by Gasteiger charge is 2.08. The molecular weight excluding hydrogens is 146 g/mol. The van der Waals surface area contributed by atoms with E-state index in [9.17, 15) is 0 Å². The maximum atomic E-state index is 3.62. The summed E-state index contributed by atoms with van der Waals surface area (Å²) in [6, 6.07) is 0. The van der Waals surface area contributed by atoms with Crippen molar-refractivity contribution in [2.45, 2.75) is 33.2 Å². The zero-order valence-electron chi connectivity index (χ0n) is 8.52. The van der Waals surface area contributed by atoms with Crippen molar-refractivity contribution in [3.05, 3.63) is 36.6 Å². The molecule has 0 unspecified atom stereocenters. The summed E-state index contributed by atoms with van der Waals surface area (Å²) in [5.74, 6) is 0. The van der Waals surface area contributed by atoms with Crippen molar-refractivity contribution in [3.63, 3.8) is 0 Å². The Morgan fingerprint density at radius 2 is 1.92 bits per heavy atom. The van der Waals surface area contributed by atoms with E-state index in [1.807, 2.05) is 25.2 Å². The van der Waals surface area contributed by atoms with Crippen molar-refractivity contribution in [3.8, 4) is 0 Å². The van der Waals surface area contributed by atoms with Gasteiger partial charge in [0.25, 0.3) is 0 Å². The second-order valence-electron chi connectivity index (χ2n) is 3.71. The van der Waals surface area contributed by atoms with Gasteiger partial charge in [0.05, 0.1) is 0 Å². The molecular formula is C11H19N. The summed E-state index contributed by atoms with van der Waals surface area (Å²) in [5.41, 5.74) is 1.25. The second-order valence-corrected chi connectivity index (χ2v) is 3.71. The standard InChI is InChI=1S/C11H19N/c1-6-8-9-10(7-2)12-11(3,4)5/h6-9,12H,1H2,2-5H3/b9-8-,10-7+. The van der Waals surface area contributed by atoms with Crippen LogP contribution in [-0.2, 0) is 0 Å². The Labute approximate surface area is 75.9 Å². The van der Waals surface area contributed by atoms with Crippen LogP contribution in [0.4, 0.5) is 0 Å². The van der Waals surface area contributed by atoms with E-state index in [0.29, 0.717) is 0 Å². The molecule has 0 amide bonds. The van der Waals surface area contributed by atoms with Crippen LogP contribution in [0.15, 0.2) is 36.6 Å². The molecule has 0 aliphatic carbocycles. The molecule has 0 bridgehead atoms. The summed E-state index contributed by atoms with van der Waals surface area (Å²) in [4.78, 5) is 0. The molecule has 1 N–H and O–H groups in total. The van der Waals surface area contributed by atoms with E-state index in [0.717, 1.165) is 5.70 Å². The highest BCUT2D eigenvalue weighted by molar-refractivity contribution is 5.20. The molecule has 12 heavy (non-hydrogen) atoms. The molecule has 1 heteroatoms. The van der Waals surface area contributed by atoms with Gasteiger partial charge in [-0.25, -0.2) is 0 Å². The first-order valence-corrected chi connectivity index (χ1v) is 4.23. The van der Waals surface area contributed by atoms with Crippen LogP contribution >= 0.6 is 0 Å². The molecule has 0 aliphatic rings. The van der Waals surface area contributed by atoms with Crippen molar-refractivity contribution < 1.29 is 0 Å². The molecule has 0 saturated heterocycles. The molecule has 0 spiro atoms. The van der Waals surface area contributed by atoms with Gasteiger partial charge in [-0.2, -0.15) is 0 Å². The second kappa shape index (κ2) is 4.81. The van der Waals surface area contributed by atoms with E-state index in [4.69, 9.17) is 0 Å². The average molecular weight is 165 g/mol. The third-order valence-electron chi connectivity index (χ3n) is 1.24. The fraction of sp³-hybridized carbons (Fsp3) is 0.455. The molecule has 68 valence electrons. The normalized spacial score (nSPS) is 13.5. The van der Waals surface area contributed by atoms with Gasteiger partial charge in [-0.15, -0.1) is 0 Å². The maximum Gasteiger partial charge on any atom is 0.0300 e. The molecule has 0 rings (SSSR count). The molecule has 0 heterocycles. The number of rotatable bonds is 3. The summed E-state index contributed by atoms with van der Waals surface area (Å²) in [5, 5.41) is 3.37. The Morgan fingerprint density at radius 3 is 2.25 bits per heavy atom. The van der Waals surface area contributed by atoms with E-state index in [1.165, 1.54) is 0 Å². The van der Waals surface area contributed by atoms with Crippen LogP contribution in [0.25, 0.3) is 0 Å². The minimum Gasteiger partial charge on any atom is -0.381 e. The van der Waals surface area contributed by atoms with Gasteiger partial charge in [-0.05, 0) is 33.8 Å². The van der Waals surface area contributed by atoms with E-state index >= 15 is 0 Å². The first-order valence-electron chi connectivity index (χ1n) is 4.23. The smallest absolute Gasteiger partial charge is 0.0300 e. The number of allylic oxidation sites excluding steroid dienone is 4. The Hall–Kier alpha value is -0.980. The summed E-state index contributed by atoms with van der Waals surface area (Å²) in [6.45, 7) is 12.0. The molecule has 0 aliphatic heterocycles. The lowest BCUT2D eigenvalue weighted by Gasteiger charge is -2.22. The predicted molar refractivity (Wildman–Crippen MR) is 56.0 cm³/mol. The summed E-state index contributed by atoms with van der Waals surface area (Å²) < 4.78 is 0. The molecule has 0 aromatic rings. The van der Waals surface area contributed by atoms with E-state index in [1.54, 1.807) is 6.08 Å². The van der Waals surface area contributed by atoms with Crippen LogP contribution in [-0.4, -0.2) is 5.54 Å². The highest BCUT2D eigenvalue weighted by atomic mass is 15.0. The first-order chi connectivity index (χ1) is 5.49. The largest absolute Gasteiger partial charge is 0.381 e. The van der Waals surface area contributed by atoms with Crippen molar-refractivity contribution in [2.75, 3.05) is 0 Å². The van der Waals surface area contributed by atoms with Crippen LogP contribution in [0.5, 0.6) is 0 Å². The van der Waals surface area contributed by atoms with Crippen molar-refractivity contribution in [1.29, 1.82) is 0 Å². The Balaban J connectivity index is 4.21. The lowest BCUT2D eigenvalue weighted by Crippen LogP contribution is -2.34. The summed E-state index contributed by atoms with van der Waals surface area (Å²) >= 11 is 0.